The minimum absolute atomic E-state index is 0.0573. The standard InChI is InChI=1S/C21H17FN2O3S/c22-15-5-3-14(4-6-15)12-24-18-10-16(7-8-19(18)27-13-21(24)26)23-20(25)11-17-2-1-9-28-17/h1-10H,11-13H2,(H,23,25). The van der Waals surface area contributed by atoms with Crippen LogP contribution in [0.25, 0.3) is 0 Å². The lowest BCUT2D eigenvalue weighted by molar-refractivity contribution is -0.121. The molecule has 2 heterocycles. The molecule has 5 nitrogen and oxygen atoms in total. The number of hydrogen-bond acceptors (Lipinski definition) is 4. The average Bonchev–Trinajstić information content (AvgIpc) is 3.18. The Kier molecular flexibility index (Phi) is 5.08. The van der Waals surface area contributed by atoms with E-state index in [0.717, 1.165) is 10.4 Å². The second-order valence-corrected chi connectivity index (χ2v) is 7.41. The SMILES string of the molecule is O=C(Cc1cccs1)Nc1ccc2c(c1)N(Cc1ccc(F)cc1)C(=O)CO2. The molecule has 3 aromatic rings. The molecule has 4 rings (SSSR count). The van der Waals surface area contributed by atoms with E-state index in [1.807, 2.05) is 17.5 Å². The molecular weight excluding hydrogens is 379 g/mol. The van der Waals surface area contributed by atoms with Gasteiger partial charge in [0.1, 0.15) is 11.6 Å². The molecule has 142 valence electrons. The van der Waals surface area contributed by atoms with Crippen LogP contribution >= 0.6 is 11.3 Å². The third-order valence-corrected chi connectivity index (χ3v) is 5.23. The summed E-state index contributed by atoms with van der Waals surface area (Å²) in [4.78, 5) is 27.2. The highest BCUT2D eigenvalue weighted by Gasteiger charge is 2.26. The molecule has 7 heteroatoms. The van der Waals surface area contributed by atoms with Crippen molar-refractivity contribution in [2.75, 3.05) is 16.8 Å². The fourth-order valence-electron chi connectivity index (χ4n) is 3.00. The van der Waals surface area contributed by atoms with Crippen LogP contribution in [0.5, 0.6) is 5.75 Å². The second-order valence-electron chi connectivity index (χ2n) is 6.38. The number of thiophene rings is 1. The Bertz CT molecular complexity index is 1000. The third-order valence-electron chi connectivity index (χ3n) is 4.35. The van der Waals surface area contributed by atoms with Crippen molar-refractivity contribution in [3.05, 3.63) is 76.2 Å². The molecule has 28 heavy (non-hydrogen) atoms. The smallest absolute Gasteiger partial charge is 0.265 e. The number of nitrogens with one attached hydrogen (secondary N) is 1. The summed E-state index contributed by atoms with van der Waals surface area (Å²) in [7, 11) is 0. The summed E-state index contributed by atoms with van der Waals surface area (Å²) in [6, 6.07) is 15.0. The van der Waals surface area contributed by atoms with Gasteiger partial charge < -0.3 is 15.0 Å². The van der Waals surface area contributed by atoms with Gasteiger partial charge in [0.25, 0.3) is 5.91 Å². The number of carbonyl (C=O) groups excluding carboxylic acids is 2. The molecule has 0 aliphatic carbocycles. The highest BCUT2D eigenvalue weighted by Crippen LogP contribution is 2.35. The fraction of sp³-hybridized carbons (Fsp3) is 0.143. The average molecular weight is 396 g/mol. The van der Waals surface area contributed by atoms with Gasteiger partial charge in [-0.3, -0.25) is 9.59 Å². The van der Waals surface area contributed by atoms with Crippen molar-refractivity contribution in [3.63, 3.8) is 0 Å². The molecule has 1 N–H and O–H groups in total. The number of hydrogen-bond donors (Lipinski definition) is 1. The molecule has 1 aliphatic rings. The molecule has 1 aliphatic heterocycles. The number of carbonyl (C=O) groups is 2. The van der Waals surface area contributed by atoms with Crippen molar-refractivity contribution in [3.8, 4) is 5.75 Å². The van der Waals surface area contributed by atoms with Gasteiger partial charge in [-0.15, -0.1) is 11.3 Å². The second kappa shape index (κ2) is 7.82. The van der Waals surface area contributed by atoms with Gasteiger partial charge >= 0.3 is 0 Å². The number of amides is 2. The minimum atomic E-state index is -0.326. The van der Waals surface area contributed by atoms with Crippen LogP contribution in [0.3, 0.4) is 0 Å². The van der Waals surface area contributed by atoms with Crippen molar-refractivity contribution in [2.45, 2.75) is 13.0 Å². The Hall–Kier alpha value is -3.19. The van der Waals surface area contributed by atoms with Crippen molar-refractivity contribution in [1.82, 2.24) is 0 Å². The van der Waals surface area contributed by atoms with Crippen LogP contribution in [0.1, 0.15) is 10.4 Å². The van der Waals surface area contributed by atoms with Crippen molar-refractivity contribution in [1.29, 1.82) is 0 Å². The predicted molar refractivity (Wildman–Crippen MR) is 106 cm³/mol. The van der Waals surface area contributed by atoms with E-state index in [9.17, 15) is 14.0 Å². The normalized spacial score (nSPS) is 13.0. The molecule has 0 unspecified atom stereocenters. The number of anilines is 2. The maximum Gasteiger partial charge on any atom is 0.265 e. The van der Waals surface area contributed by atoms with Crippen molar-refractivity contribution in [2.24, 2.45) is 0 Å². The zero-order valence-electron chi connectivity index (χ0n) is 14.9. The van der Waals surface area contributed by atoms with Gasteiger partial charge in [-0.25, -0.2) is 4.39 Å². The van der Waals surface area contributed by atoms with Gasteiger partial charge in [-0.2, -0.15) is 0 Å². The molecule has 0 spiro atoms. The van der Waals surface area contributed by atoms with Crippen molar-refractivity contribution >= 4 is 34.5 Å². The Balaban J connectivity index is 1.55. The molecular formula is C21H17FN2O3S. The van der Waals surface area contributed by atoms with Crippen LogP contribution in [0.2, 0.25) is 0 Å². The Morgan fingerprint density at radius 2 is 2.00 bits per heavy atom. The molecule has 0 atom stereocenters. The molecule has 1 aromatic heterocycles. The number of halogens is 1. The first-order chi connectivity index (χ1) is 13.6. The number of nitrogens with zero attached hydrogens (tertiary/aromatic N) is 1. The zero-order valence-corrected chi connectivity index (χ0v) is 15.7. The number of ether oxygens (including phenoxy) is 1. The van der Waals surface area contributed by atoms with Crippen molar-refractivity contribution < 1.29 is 18.7 Å². The van der Waals surface area contributed by atoms with Crippen LogP contribution in [0, 0.1) is 5.82 Å². The fourth-order valence-corrected chi connectivity index (χ4v) is 3.71. The summed E-state index contributed by atoms with van der Waals surface area (Å²) in [5, 5.41) is 4.79. The largest absolute Gasteiger partial charge is 0.482 e. The molecule has 0 radical (unpaired) electrons. The van der Waals surface area contributed by atoms with E-state index in [1.54, 1.807) is 35.2 Å². The molecule has 0 bridgehead atoms. The number of benzene rings is 2. The highest BCUT2D eigenvalue weighted by molar-refractivity contribution is 7.10. The van der Waals surface area contributed by atoms with E-state index >= 15 is 0 Å². The molecule has 0 fully saturated rings. The lowest BCUT2D eigenvalue weighted by Crippen LogP contribution is -2.38. The lowest BCUT2D eigenvalue weighted by atomic mass is 10.1. The van der Waals surface area contributed by atoms with Gasteiger partial charge in [-0.1, -0.05) is 18.2 Å². The van der Waals surface area contributed by atoms with Crippen LogP contribution in [-0.4, -0.2) is 18.4 Å². The van der Waals surface area contributed by atoms with E-state index in [-0.39, 0.29) is 24.2 Å². The Morgan fingerprint density at radius 3 is 2.75 bits per heavy atom. The Morgan fingerprint density at radius 1 is 1.18 bits per heavy atom. The quantitative estimate of drug-likeness (QED) is 0.709. The topological polar surface area (TPSA) is 58.6 Å². The van der Waals surface area contributed by atoms with Gasteiger partial charge in [0, 0.05) is 10.6 Å². The van der Waals surface area contributed by atoms with Gasteiger partial charge in [0.2, 0.25) is 5.91 Å². The van der Waals surface area contributed by atoms with Crippen LogP contribution in [0.15, 0.2) is 60.0 Å². The predicted octanol–water partition coefficient (Wildman–Crippen LogP) is 3.99. The number of rotatable bonds is 5. The molecule has 0 saturated carbocycles. The molecule has 0 saturated heterocycles. The minimum Gasteiger partial charge on any atom is -0.482 e. The van der Waals surface area contributed by atoms with Crippen LogP contribution in [0.4, 0.5) is 15.8 Å². The van der Waals surface area contributed by atoms with E-state index in [2.05, 4.69) is 5.32 Å². The summed E-state index contributed by atoms with van der Waals surface area (Å²) < 4.78 is 18.7. The zero-order chi connectivity index (χ0) is 19.5. The van der Waals surface area contributed by atoms with Crippen LogP contribution in [-0.2, 0) is 22.6 Å². The molecule has 2 aromatic carbocycles. The molecule has 2 amide bonds. The first kappa shape index (κ1) is 18.2. The van der Waals surface area contributed by atoms with E-state index in [1.165, 1.54) is 23.5 Å². The van der Waals surface area contributed by atoms with E-state index < -0.39 is 0 Å². The summed E-state index contributed by atoms with van der Waals surface area (Å²) >= 11 is 1.53. The van der Waals surface area contributed by atoms with E-state index in [0.29, 0.717) is 30.1 Å². The highest BCUT2D eigenvalue weighted by atomic mass is 32.1. The number of fused-ring (bicyclic) bond motifs is 1. The summed E-state index contributed by atoms with van der Waals surface area (Å²) in [6.45, 7) is 0.236. The third kappa shape index (κ3) is 4.04. The summed E-state index contributed by atoms with van der Waals surface area (Å²) in [5.41, 5.74) is 1.96. The summed E-state index contributed by atoms with van der Waals surface area (Å²) in [6.07, 6.45) is 0.295. The van der Waals surface area contributed by atoms with E-state index in [4.69, 9.17) is 4.74 Å². The first-order valence-corrected chi connectivity index (χ1v) is 9.60. The maximum atomic E-state index is 13.2. The lowest BCUT2D eigenvalue weighted by Gasteiger charge is -2.30. The summed E-state index contributed by atoms with van der Waals surface area (Å²) in [5.74, 6) is -0.0828. The van der Waals surface area contributed by atoms with Gasteiger partial charge in [-0.05, 0) is 47.3 Å². The van der Waals surface area contributed by atoms with Gasteiger partial charge in [0.15, 0.2) is 6.61 Å². The maximum absolute atomic E-state index is 13.2. The van der Waals surface area contributed by atoms with Crippen LogP contribution < -0.4 is 15.0 Å². The first-order valence-electron chi connectivity index (χ1n) is 8.72. The Labute approximate surface area is 165 Å². The monoisotopic (exact) mass is 396 g/mol. The van der Waals surface area contributed by atoms with Gasteiger partial charge in [0.05, 0.1) is 18.7 Å².